The van der Waals surface area contributed by atoms with Crippen LogP contribution >= 0.6 is 0 Å². The number of benzene rings is 2. The average Bonchev–Trinajstić information content (AvgIpc) is 2.65. The average molecular weight is 439 g/mol. The second kappa shape index (κ2) is 9.89. The number of sulfonamides is 2. The lowest BCUT2D eigenvalue weighted by molar-refractivity contribution is -0.117. The fourth-order valence-corrected chi connectivity index (χ4v) is 4.80. The number of aryl methyl sites for hydroxylation is 1. The molecule has 0 bridgehead atoms. The third kappa shape index (κ3) is 6.86. The zero-order valence-electron chi connectivity index (χ0n) is 16.5. The van der Waals surface area contributed by atoms with Crippen molar-refractivity contribution in [2.75, 3.05) is 4.72 Å². The van der Waals surface area contributed by atoms with Gasteiger partial charge >= 0.3 is 0 Å². The molecule has 0 aliphatic rings. The van der Waals surface area contributed by atoms with Crippen molar-refractivity contribution in [3.63, 3.8) is 0 Å². The Hall–Kier alpha value is -2.39. The molecule has 2 N–H and O–H groups in total. The molecule has 0 unspecified atom stereocenters. The first-order chi connectivity index (χ1) is 13.6. The van der Waals surface area contributed by atoms with E-state index in [1.165, 1.54) is 37.1 Å². The van der Waals surface area contributed by atoms with Crippen LogP contribution in [0, 0.1) is 0 Å². The van der Waals surface area contributed by atoms with Crippen LogP contribution in [0.4, 0.5) is 5.69 Å². The molecule has 0 fully saturated rings. The van der Waals surface area contributed by atoms with Gasteiger partial charge in [0.15, 0.2) is 0 Å². The Bertz CT molecular complexity index is 1030. The summed E-state index contributed by atoms with van der Waals surface area (Å²) in [6.07, 6.45) is 5.51. The van der Waals surface area contributed by atoms with Gasteiger partial charge in [-0.05, 0) is 54.8 Å². The van der Waals surface area contributed by atoms with Gasteiger partial charge in [-0.25, -0.2) is 21.6 Å². The molecule has 7 nitrogen and oxygen atoms in total. The van der Waals surface area contributed by atoms with Crippen molar-refractivity contribution in [1.29, 1.82) is 0 Å². The van der Waals surface area contributed by atoms with E-state index in [0.717, 1.165) is 31.7 Å². The van der Waals surface area contributed by atoms with E-state index in [4.69, 9.17) is 0 Å². The standard InChI is InChI=1S/C20H26N2O5S2/c1-3-4-5-6-7-17-8-12-19(13-9-17)29(26,27)22-18-10-14-20(15-11-18)28(24,25)21-16(2)23/h8-15,22H,3-7H2,1-2H3,(H,21,23). The first-order valence-corrected chi connectivity index (χ1v) is 12.4. The summed E-state index contributed by atoms with van der Waals surface area (Å²) >= 11 is 0. The number of nitrogens with one attached hydrogen (secondary N) is 2. The Morgan fingerprint density at radius 2 is 1.34 bits per heavy atom. The lowest BCUT2D eigenvalue weighted by Gasteiger charge is -2.10. The number of hydrogen-bond acceptors (Lipinski definition) is 5. The van der Waals surface area contributed by atoms with Crippen LogP contribution in [0.15, 0.2) is 58.3 Å². The predicted octanol–water partition coefficient (Wildman–Crippen LogP) is 3.44. The Kier molecular flexibility index (Phi) is 7.80. The van der Waals surface area contributed by atoms with Gasteiger partial charge in [0.2, 0.25) is 5.91 Å². The first kappa shape index (κ1) is 22.9. The number of unbranched alkanes of at least 4 members (excludes halogenated alkanes) is 3. The maximum absolute atomic E-state index is 12.6. The molecule has 9 heteroatoms. The molecule has 0 heterocycles. The van der Waals surface area contributed by atoms with Gasteiger partial charge in [-0.15, -0.1) is 0 Å². The van der Waals surface area contributed by atoms with Crippen LogP contribution in [0.3, 0.4) is 0 Å². The van der Waals surface area contributed by atoms with Gasteiger partial charge in [0, 0.05) is 12.6 Å². The van der Waals surface area contributed by atoms with E-state index in [0.29, 0.717) is 0 Å². The molecule has 0 saturated carbocycles. The van der Waals surface area contributed by atoms with Crippen molar-refractivity contribution < 1.29 is 21.6 Å². The van der Waals surface area contributed by atoms with Gasteiger partial charge in [-0.3, -0.25) is 9.52 Å². The summed E-state index contributed by atoms with van der Waals surface area (Å²) in [7, 11) is -7.76. The fourth-order valence-electron chi connectivity index (χ4n) is 2.76. The van der Waals surface area contributed by atoms with Crippen LogP contribution in [0.5, 0.6) is 0 Å². The Morgan fingerprint density at radius 3 is 1.90 bits per heavy atom. The Balaban J connectivity index is 2.06. The van der Waals surface area contributed by atoms with Crippen molar-refractivity contribution in [2.45, 2.75) is 55.7 Å². The fraction of sp³-hybridized carbons (Fsp3) is 0.350. The maximum Gasteiger partial charge on any atom is 0.264 e. The highest BCUT2D eigenvalue weighted by molar-refractivity contribution is 7.92. The highest BCUT2D eigenvalue weighted by atomic mass is 32.2. The van der Waals surface area contributed by atoms with E-state index in [1.54, 1.807) is 12.1 Å². The smallest absolute Gasteiger partial charge is 0.264 e. The lowest BCUT2D eigenvalue weighted by atomic mass is 10.1. The molecule has 0 atom stereocenters. The minimum atomic E-state index is -3.97. The molecule has 0 spiro atoms. The van der Waals surface area contributed by atoms with Gasteiger partial charge < -0.3 is 0 Å². The number of carbonyl (C=O) groups excluding carboxylic acids is 1. The predicted molar refractivity (Wildman–Crippen MR) is 113 cm³/mol. The normalized spacial score (nSPS) is 11.8. The van der Waals surface area contributed by atoms with E-state index in [-0.39, 0.29) is 15.5 Å². The minimum Gasteiger partial charge on any atom is -0.280 e. The molecule has 0 aliphatic heterocycles. The molecule has 2 aromatic rings. The molecular formula is C20H26N2O5S2. The number of carbonyl (C=O) groups is 1. The zero-order chi connectivity index (χ0) is 21.5. The topological polar surface area (TPSA) is 109 Å². The van der Waals surface area contributed by atoms with Crippen LogP contribution in [-0.4, -0.2) is 22.7 Å². The lowest BCUT2D eigenvalue weighted by Crippen LogP contribution is -2.28. The summed E-state index contributed by atoms with van der Waals surface area (Å²) in [5.74, 6) is -0.705. The van der Waals surface area contributed by atoms with Crippen molar-refractivity contribution in [2.24, 2.45) is 0 Å². The SMILES string of the molecule is CCCCCCc1ccc(S(=O)(=O)Nc2ccc(S(=O)(=O)NC(C)=O)cc2)cc1. The highest BCUT2D eigenvalue weighted by Crippen LogP contribution is 2.19. The summed E-state index contributed by atoms with van der Waals surface area (Å²) in [4.78, 5) is 11.0. The third-order valence-corrected chi connectivity index (χ3v) is 7.09. The molecule has 158 valence electrons. The summed E-state index contributed by atoms with van der Waals surface area (Å²) in [6.45, 7) is 3.25. The molecule has 29 heavy (non-hydrogen) atoms. The maximum atomic E-state index is 12.6. The highest BCUT2D eigenvalue weighted by Gasteiger charge is 2.17. The second-order valence-corrected chi connectivity index (χ2v) is 10.1. The van der Waals surface area contributed by atoms with E-state index >= 15 is 0 Å². The molecule has 0 saturated heterocycles. The van der Waals surface area contributed by atoms with Crippen LogP contribution < -0.4 is 9.44 Å². The Morgan fingerprint density at radius 1 is 0.793 bits per heavy atom. The van der Waals surface area contributed by atoms with Gasteiger partial charge in [0.25, 0.3) is 20.0 Å². The summed E-state index contributed by atoms with van der Waals surface area (Å²) in [5, 5.41) is 0. The van der Waals surface area contributed by atoms with E-state index in [1.807, 2.05) is 16.9 Å². The molecule has 0 radical (unpaired) electrons. The van der Waals surface area contributed by atoms with Gasteiger partial charge in [-0.1, -0.05) is 38.3 Å². The monoisotopic (exact) mass is 438 g/mol. The van der Waals surface area contributed by atoms with Crippen LogP contribution in [0.2, 0.25) is 0 Å². The quantitative estimate of drug-likeness (QED) is 0.552. The van der Waals surface area contributed by atoms with Crippen molar-refractivity contribution in [1.82, 2.24) is 4.72 Å². The zero-order valence-corrected chi connectivity index (χ0v) is 18.1. The number of amides is 1. The summed E-state index contributed by atoms with van der Waals surface area (Å²) < 4.78 is 53.2. The Labute approximate surface area is 172 Å². The molecular weight excluding hydrogens is 412 g/mol. The second-order valence-electron chi connectivity index (χ2n) is 6.75. The molecule has 2 aromatic carbocycles. The van der Waals surface area contributed by atoms with Crippen LogP contribution in [-0.2, 0) is 31.3 Å². The molecule has 0 aromatic heterocycles. The first-order valence-electron chi connectivity index (χ1n) is 9.39. The number of rotatable bonds is 10. The summed E-state index contributed by atoms with van der Waals surface area (Å²) in [6, 6.07) is 11.8. The van der Waals surface area contributed by atoms with Crippen LogP contribution in [0.25, 0.3) is 0 Å². The summed E-state index contributed by atoms with van der Waals surface area (Å²) in [5.41, 5.74) is 1.31. The van der Waals surface area contributed by atoms with Crippen molar-refractivity contribution in [3.05, 3.63) is 54.1 Å². The van der Waals surface area contributed by atoms with E-state index < -0.39 is 26.0 Å². The van der Waals surface area contributed by atoms with Gasteiger partial charge in [0.05, 0.1) is 9.79 Å². The molecule has 0 aliphatic carbocycles. The van der Waals surface area contributed by atoms with E-state index in [9.17, 15) is 21.6 Å². The largest absolute Gasteiger partial charge is 0.280 e. The molecule has 2 rings (SSSR count). The number of anilines is 1. The van der Waals surface area contributed by atoms with Gasteiger partial charge in [0.1, 0.15) is 0 Å². The van der Waals surface area contributed by atoms with Gasteiger partial charge in [-0.2, -0.15) is 0 Å². The number of hydrogen-bond donors (Lipinski definition) is 2. The third-order valence-electron chi connectivity index (χ3n) is 4.25. The van der Waals surface area contributed by atoms with Crippen molar-refractivity contribution in [3.8, 4) is 0 Å². The molecule has 1 amide bonds. The van der Waals surface area contributed by atoms with Crippen LogP contribution in [0.1, 0.15) is 45.1 Å². The van der Waals surface area contributed by atoms with E-state index in [2.05, 4.69) is 11.6 Å². The minimum absolute atomic E-state index is 0.129. The van der Waals surface area contributed by atoms with Crippen molar-refractivity contribution >= 4 is 31.6 Å².